The van der Waals surface area contributed by atoms with Crippen LogP contribution in [-0.2, 0) is 0 Å². The molecule has 5 heteroatoms. The summed E-state index contributed by atoms with van der Waals surface area (Å²) in [7, 11) is 4.74. The van der Waals surface area contributed by atoms with E-state index in [2.05, 4.69) is 0 Å². The Balaban J connectivity index is 2.86. The third kappa shape index (κ3) is 2.00. The second kappa shape index (κ2) is 5.01. The second-order valence-corrected chi connectivity index (χ2v) is 4.40. The molecule has 0 saturated carbocycles. The van der Waals surface area contributed by atoms with Gasteiger partial charge in [-0.1, -0.05) is 0 Å². The Morgan fingerprint density at radius 1 is 1.11 bits per heavy atom. The molecule has 0 aliphatic rings. The molecule has 0 saturated heterocycles. The predicted octanol–water partition coefficient (Wildman–Crippen LogP) is 2.79. The lowest BCUT2D eigenvalue weighted by Crippen LogP contribution is -2.04. The molecule has 0 amide bonds. The predicted molar refractivity (Wildman–Crippen MR) is 73.2 cm³/mol. The molecule has 0 aliphatic heterocycles. The van der Waals surface area contributed by atoms with Crippen LogP contribution in [0.25, 0.3) is 11.0 Å². The van der Waals surface area contributed by atoms with E-state index in [1.54, 1.807) is 27.4 Å². The highest BCUT2D eigenvalue weighted by atomic mass is 16.5. The van der Waals surface area contributed by atoms with E-state index in [0.29, 0.717) is 22.8 Å². The molecular weight excluding hydrogens is 246 g/mol. The number of benzene rings is 1. The number of hydrogen-bond donors (Lipinski definition) is 1. The minimum atomic E-state index is -0.186. The molecule has 1 unspecified atom stereocenters. The smallest absolute Gasteiger partial charge is 0.204 e. The SMILES string of the molecule is COc1cc2oc(C(C)N)c(C)c2c(OC)c1OC. The van der Waals surface area contributed by atoms with Crippen LogP contribution < -0.4 is 19.9 Å². The molecule has 0 spiro atoms. The first-order valence-electron chi connectivity index (χ1n) is 6.02. The molecule has 1 atom stereocenters. The number of fused-ring (bicyclic) bond motifs is 1. The number of hydrogen-bond acceptors (Lipinski definition) is 5. The minimum absolute atomic E-state index is 0.186. The number of methoxy groups -OCH3 is 3. The number of furan rings is 1. The van der Waals surface area contributed by atoms with E-state index in [9.17, 15) is 0 Å². The van der Waals surface area contributed by atoms with Gasteiger partial charge in [-0.2, -0.15) is 0 Å². The van der Waals surface area contributed by atoms with Crippen molar-refractivity contribution in [1.82, 2.24) is 0 Å². The van der Waals surface area contributed by atoms with E-state index in [-0.39, 0.29) is 6.04 Å². The zero-order chi connectivity index (χ0) is 14.2. The van der Waals surface area contributed by atoms with Crippen molar-refractivity contribution in [3.63, 3.8) is 0 Å². The third-order valence-electron chi connectivity index (χ3n) is 3.17. The van der Waals surface area contributed by atoms with Crippen molar-refractivity contribution >= 4 is 11.0 Å². The van der Waals surface area contributed by atoms with Gasteiger partial charge in [-0.15, -0.1) is 0 Å². The number of aryl methyl sites for hydroxylation is 1. The number of rotatable bonds is 4. The van der Waals surface area contributed by atoms with Gasteiger partial charge in [-0.25, -0.2) is 0 Å². The topological polar surface area (TPSA) is 66.9 Å². The van der Waals surface area contributed by atoms with Crippen LogP contribution in [0.4, 0.5) is 0 Å². The summed E-state index contributed by atoms with van der Waals surface area (Å²) in [6.07, 6.45) is 0. The van der Waals surface area contributed by atoms with Gasteiger partial charge in [0.05, 0.1) is 32.8 Å². The highest BCUT2D eigenvalue weighted by molar-refractivity contribution is 5.93. The van der Waals surface area contributed by atoms with Crippen molar-refractivity contribution < 1.29 is 18.6 Å². The Labute approximate surface area is 112 Å². The monoisotopic (exact) mass is 265 g/mol. The average molecular weight is 265 g/mol. The van der Waals surface area contributed by atoms with Crippen molar-refractivity contribution in [1.29, 1.82) is 0 Å². The molecule has 0 radical (unpaired) electrons. The van der Waals surface area contributed by atoms with Crippen LogP contribution in [-0.4, -0.2) is 21.3 Å². The van der Waals surface area contributed by atoms with Crippen LogP contribution >= 0.6 is 0 Å². The summed E-state index contributed by atoms with van der Waals surface area (Å²) in [5.41, 5.74) is 7.55. The largest absolute Gasteiger partial charge is 0.493 e. The van der Waals surface area contributed by atoms with E-state index in [0.717, 1.165) is 16.7 Å². The molecule has 2 N–H and O–H groups in total. The quantitative estimate of drug-likeness (QED) is 0.920. The van der Waals surface area contributed by atoms with Gasteiger partial charge in [0.15, 0.2) is 11.5 Å². The maximum Gasteiger partial charge on any atom is 0.204 e. The highest BCUT2D eigenvalue weighted by Gasteiger charge is 2.23. The molecule has 104 valence electrons. The summed E-state index contributed by atoms with van der Waals surface area (Å²) in [6.45, 7) is 3.84. The normalized spacial score (nSPS) is 12.5. The molecule has 19 heavy (non-hydrogen) atoms. The summed E-state index contributed by atoms with van der Waals surface area (Å²) < 4.78 is 21.9. The first-order valence-corrected chi connectivity index (χ1v) is 6.02. The van der Waals surface area contributed by atoms with E-state index in [1.807, 2.05) is 13.8 Å². The Morgan fingerprint density at radius 3 is 2.21 bits per heavy atom. The maximum atomic E-state index is 5.91. The van der Waals surface area contributed by atoms with Crippen LogP contribution in [0, 0.1) is 6.92 Å². The standard InChI is InChI=1S/C14H19NO4/c1-7-11-9(19-12(7)8(2)15)6-10(16-3)13(17-4)14(11)18-5/h6,8H,15H2,1-5H3. The number of nitrogens with two attached hydrogens (primary N) is 1. The van der Waals surface area contributed by atoms with E-state index in [4.69, 9.17) is 24.4 Å². The Morgan fingerprint density at radius 2 is 1.74 bits per heavy atom. The Hall–Kier alpha value is -1.88. The van der Waals surface area contributed by atoms with Crippen LogP contribution in [0.15, 0.2) is 10.5 Å². The molecular formula is C14H19NO4. The summed E-state index contributed by atoms with van der Waals surface area (Å²) in [4.78, 5) is 0. The zero-order valence-electron chi connectivity index (χ0n) is 11.9. The molecule has 1 aromatic carbocycles. The summed E-state index contributed by atoms with van der Waals surface area (Å²) in [6, 6.07) is 1.60. The first kappa shape index (κ1) is 13.5. The van der Waals surface area contributed by atoms with E-state index < -0.39 is 0 Å². The highest BCUT2D eigenvalue weighted by Crippen LogP contribution is 2.46. The molecule has 1 aromatic heterocycles. The van der Waals surface area contributed by atoms with E-state index >= 15 is 0 Å². The van der Waals surface area contributed by atoms with Crippen molar-refractivity contribution in [3.8, 4) is 17.2 Å². The molecule has 0 aliphatic carbocycles. The summed E-state index contributed by atoms with van der Waals surface area (Å²) >= 11 is 0. The fraction of sp³-hybridized carbons (Fsp3) is 0.429. The van der Waals surface area contributed by atoms with Crippen molar-refractivity contribution in [3.05, 3.63) is 17.4 Å². The molecule has 2 rings (SSSR count). The fourth-order valence-electron chi connectivity index (χ4n) is 2.32. The first-order chi connectivity index (χ1) is 9.04. The van der Waals surface area contributed by atoms with Gasteiger partial charge in [0.25, 0.3) is 0 Å². The van der Waals surface area contributed by atoms with Gasteiger partial charge in [0.1, 0.15) is 11.3 Å². The lowest BCUT2D eigenvalue weighted by molar-refractivity contribution is 0.326. The van der Waals surface area contributed by atoms with Gasteiger partial charge < -0.3 is 24.4 Å². The summed E-state index contributed by atoms with van der Waals surface area (Å²) in [5.74, 6) is 2.46. The fourth-order valence-corrected chi connectivity index (χ4v) is 2.32. The zero-order valence-corrected chi connectivity index (χ0v) is 11.9. The van der Waals surface area contributed by atoms with Gasteiger partial charge in [-0.05, 0) is 13.8 Å². The van der Waals surface area contributed by atoms with Crippen molar-refractivity contribution in [2.45, 2.75) is 19.9 Å². The second-order valence-electron chi connectivity index (χ2n) is 4.40. The van der Waals surface area contributed by atoms with Crippen molar-refractivity contribution in [2.24, 2.45) is 5.73 Å². The lowest BCUT2D eigenvalue weighted by Gasteiger charge is -2.12. The van der Waals surface area contributed by atoms with Crippen molar-refractivity contribution in [2.75, 3.05) is 21.3 Å². The van der Waals surface area contributed by atoms with Gasteiger partial charge in [0, 0.05) is 11.6 Å². The van der Waals surface area contributed by atoms with E-state index in [1.165, 1.54) is 0 Å². The van der Waals surface area contributed by atoms with Gasteiger partial charge in [0.2, 0.25) is 5.75 Å². The minimum Gasteiger partial charge on any atom is -0.493 e. The van der Waals surface area contributed by atoms with Gasteiger partial charge in [-0.3, -0.25) is 0 Å². The average Bonchev–Trinajstić information content (AvgIpc) is 2.73. The molecule has 2 aromatic rings. The summed E-state index contributed by atoms with van der Waals surface area (Å²) in [5, 5.41) is 0.868. The number of ether oxygens (including phenoxy) is 3. The van der Waals surface area contributed by atoms with Crippen LogP contribution in [0.2, 0.25) is 0 Å². The van der Waals surface area contributed by atoms with Crippen LogP contribution in [0.3, 0.4) is 0 Å². The lowest BCUT2D eigenvalue weighted by atomic mass is 10.1. The molecule has 0 fully saturated rings. The van der Waals surface area contributed by atoms with Crippen LogP contribution in [0.5, 0.6) is 17.2 Å². The van der Waals surface area contributed by atoms with Crippen LogP contribution in [0.1, 0.15) is 24.3 Å². The molecule has 5 nitrogen and oxygen atoms in total. The maximum absolute atomic E-state index is 5.91. The Kier molecular flexibility index (Phi) is 3.57. The third-order valence-corrected chi connectivity index (χ3v) is 3.17. The molecule has 1 heterocycles. The molecule has 0 bridgehead atoms. The van der Waals surface area contributed by atoms with Gasteiger partial charge >= 0.3 is 0 Å². The Bertz CT molecular complexity index is 601.